The van der Waals surface area contributed by atoms with Gasteiger partial charge in [0.25, 0.3) is 0 Å². The smallest absolute Gasteiger partial charge is 0.248 e. The molecule has 0 radical (unpaired) electrons. The van der Waals surface area contributed by atoms with Gasteiger partial charge < -0.3 is 5.32 Å². The highest BCUT2D eigenvalue weighted by molar-refractivity contribution is 6.18. The third-order valence-corrected chi connectivity index (χ3v) is 3.09. The average molecular weight is 266 g/mol. The van der Waals surface area contributed by atoms with Crippen LogP contribution in [0.5, 0.6) is 0 Å². The van der Waals surface area contributed by atoms with Crippen LogP contribution in [-0.4, -0.2) is 32.1 Å². The Bertz CT molecular complexity index is 482. The summed E-state index contributed by atoms with van der Waals surface area (Å²) in [4.78, 5) is 0. The topological polar surface area (TPSA) is 55.6 Å². The number of aromatic nitrogens is 4. The zero-order valence-electron chi connectivity index (χ0n) is 10.4. The van der Waals surface area contributed by atoms with E-state index in [4.69, 9.17) is 11.6 Å². The van der Waals surface area contributed by atoms with E-state index in [1.54, 1.807) is 4.68 Å². The standard InChI is InChI=1S/C12H16ClN5/c1-9(2)11(8-13)14-12-15-16-17-18(12)10-6-4-3-5-7-10/h3-7,9,11H,8H2,1-2H3,(H,14,15,17). The van der Waals surface area contributed by atoms with Crippen molar-refractivity contribution >= 4 is 17.5 Å². The molecule has 96 valence electrons. The minimum Gasteiger partial charge on any atom is -0.349 e. The molecule has 0 aliphatic heterocycles. The van der Waals surface area contributed by atoms with E-state index in [-0.39, 0.29) is 6.04 Å². The predicted octanol–water partition coefficient (Wildman–Crippen LogP) is 2.34. The number of tetrazole rings is 1. The summed E-state index contributed by atoms with van der Waals surface area (Å²) < 4.78 is 1.67. The Labute approximate surface area is 111 Å². The highest BCUT2D eigenvalue weighted by Gasteiger charge is 2.16. The molecule has 0 aliphatic carbocycles. The van der Waals surface area contributed by atoms with E-state index in [1.807, 2.05) is 30.3 Å². The molecule has 1 atom stereocenters. The largest absolute Gasteiger partial charge is 0.349 e. The molecule has 0 aliphatic rings. The van der Waals surface area contributed by atoms with Crippen molar-refractivity contribution in [2.45, 2.75) is 19.9 Å². The fraction of sp³-hybridized carbons (Fsp3) is 0.417. The minimum absolute atomic E-state index is 0.139. The third kappa shape index (κ3) is 2.79. The Balaban J connectivity index is 2.23. The van der Waals surface area contributed by atoms with Gasteiger partial charge in [0.05, 0.1) is 5.69 Å². The number of nitrogens with one attached hydrogen (secondary N) is 1. The molecule has 0 amide bonds. The van der Waals surface area contributed by atoms with Gasteiger partial charge in [0.15, 0.2) is 0 Å². The van der Waals surface area contributed by atoms with E-state index in [9.17, 15) is 0 Å². The summed E-state index contributed by atoms with van der Waals surface area (Å²) in [7, 11) is 0. The molecule has 6 heteroatoms. The number of halogens is 1. The summed E-state index contributed by atoms with van der Waals surface area (Å²) in [6.07, 6.45) is 0. The van der Waals surface area contributed by atoms with Gasteiger partial charge in [-0.25, -0.2) is 0 Å². The summed E-state index contributed by atoms with van der Waals surface area (Å²) in [5.74, 6) is 1.53. The zero-order chi connectivity index (χ0) is 13.0. The van der Waals surface area contributed by atoms with E-state index in [1.165, 1.54) is 0 Å². The van der Waals surface area contributed by atoms with E-state index in [0.717, 1.165) is 5.69 Å². The number of rotatable bonds is 5. The number of alkyl halides is 1. The normalized spacial score (nSPS) is 12.7. The van der Waals surface area contributed by atoms with Crippen molar-refractivity contribution in [3.05, 3.63) is 30.3 Å². The van der Waals surface area contributed by atoms with Crippen LogP contribution >= 0.6 is 11.6 Å². The van der Waals surface area contributed by atoms with Crippen molar-refractivity contribution in [1.82, 2.24) is 20.2 Å². The molecule has 0 saturated heterocycles. The number of para-hydroxylation sites is 1. The van der Waals surface area contributed by atoms with E-state index < -0.39 is 0 Å². The van der Waals surface area contributed by atoms with Crippen LogP contribution in [0.25, 0.3) is 5.69 Å². The van der Waals surface area contributed by atoms with Crippen LogP contribution in [0, 0.1) is 5.92 Å². The highest BCUT2D eigenvalue weighted by Crippen LogP contribution is 2.14. The SMILES string of the molecule is CC(C)C(CCl)Nc1nnnn1-c1ccccc1. The fourth-order valence-electron chi connectivity index (χ4n) is 1.57. The third-order valence-electron chi connectivity index (χ3n) is 2.76. The van der Waals surface area contributed by atoms with Crippen molar-refractivity contribution in [3.8, 4) is 5.69 Å². The maximum Gasteiger partial charge on any atom is 0.248 e. The van der Waals surface area contributed by atoms with Gasteiger partial charge in [-0.15, -0.1) is 11.6 Å². The first-order valence-corrected chi connectivity index (χ1v) is 6.42. The fourth-order valence-corrected chi connectivity index (χ4v) is 2.00. The second kappa shape index (κ2) is 5.82. The maximum atomic E-state index is 5.94. The van der Waals surface area contributed by atoms with Crippen LogP contribution in [0.2, 0.25) is 0 Å². The first-order valence-electron chi connectivity index (χ1n) is 5.88. The summed E-state index contributed by atoms with van der Waals surface area (Å²) in [6.45, 7) is 4.22. The lowest BCUT2D eigenvalue weighted by Gasteiger charge is -2.19. The van der Waals surface area contributed by atoms with Crippen LogP contribution in [0.15, 0.2) is 30.3 Å². The predicted molar refractivity (Wildman–Crippen MR) is 72.1 cm³/mol. The van der Waals surface area contributed by atoms with Gasteiger partial charge >= 0.3 is 0 Å². The van der Waals surface area contributed by atoms with Crippen molar-refractivity contribution in [1.29, 1.82) is 0 Å². The van der Waals surface area contributed by atoms with Gasteiger partial charge in [0.2, 0.25) is 5.95 Å². The van der Waals surface area contributed by atoms with Crippen molar-refractivity contribution in [3.63, 3.8) is 0 Å². The Hall–Kier alpha value is -1.62. The first-order chi connectivity index (χ1) is 8.72. The van der Waals surface area contributed by atoms with E-state index >= 15 is 0 Å². The summed E-state index contributed by atoms with van der Waals surface area (Å²) >= 11 is 5.94. The number of nitrogens with zero attached hydrogens (tertiary/aromatic N) is 4. The molecule has 0 saturated carbocycles. The molecule has 5 nitrogen and oxygen atoms in total. The average Bonchev–Trinajstić information content (AvgIpc) is 2.84. The summed E-state index contributed by atoms with van der Waals surface area (Å²) in [6, 6.07) is 9.89. The molecule has 1 aromatic carbocycles. The number of benzene rings is 1. The molecule has 2 rings (SSSR count). The molecule has 18 heavy (non-hydrogen) atoms. The van der Waals surface area contributed by atoms with Crippen LogP contribution < -0.4 is 5.32 Å². The second-order valence-corrected chi connectivity index (χ2v) is 4.71. The summed E-state index contributed by atoms with van der Waals surface area (Å²) in [5, 5.41) is 15.0. The molecule has 1 heterocycles. The van der Waals surface area contributed by atoms with Gasteiger partial charge in [-0.3, -0.25) is 0 Å². The quantitative estimate of drug-likeness (QED) is 0.843. The molecule has 0 bridgehead atoms. The second-order valence-electron chi connectivity index (χ2n) is 4.40. The van der Waals surface area contributed by atoms with E-state index in [2.05, 4.69) is 34.7 Å². The lowest BCUT2D eigenvalue weighted by Crippen LogP contribution is -2.29. The Morgan fingerprint density at radius 1 is 1.28 bits per heavy atom. The van der Waals surface area contributed by atoms with Gasteiger partial charge in [0, 0.05) is 11.9 Å². The maximum absolute atomic E-state index is 5.94. The highest BCUT2D eigenvalue weighted by atomic mass is 35.5. The van der Waals surface area contributed by atoms with Crippen molar-refractivity contribution in [2.24, 2.45) is 5.92 Å². The lowest BCUT2D eigenvalue weighted by atomic mass is 10.1. The Kier molecular flexibility index (Phi) is 4.15. The van der Waals surface area contributed by atoms with Crippen LogP contribution in [-0.2, 0) is 0 Å². The van der Waals surface area contributed by atoms with Gasteiger partial charge in [0.1, 0.15) is 0 Å². The molecule has 1 N–H and O–H groups in total. The molecule has 2 aromatic rings. The van der Waals surface area contributed by atoms with Gasteiger partial charge in [-0.05, 0) is 28.5 Å². The number of hydrogen-bond donors (Lipinski definition) is 1. The van der Waals surface area contributed by atoms with Gasteiger partial charge in [-0.2, -0.15) is 4.68 Å². The molecule has 1 aromatic heterocycles. The van der Waals surface area contributed by atoms with Crippen LogP contribution in [0.3, 0.4) is 0 Å². The lowest BCUT2D eigenvalue weighted by molar-refractivity contribution is 0.558. The molecule has 0 fully saturated rings. The number of hydrogen-bond acceptors (Lipinski definition) is 4. The molecule has 1 unspecified atom stereocenters. The minimum atomic E-state index is 0.139. The first kappa shape index (κ1) is 12.8. The molecule has 0 spiro atoms. The Morgan fingerprint density at radius 2 is 2.00 bits per heavy atom. The van der Waals surface area contributed by atoms with Crippen LogP contribution in [0.1, 0.15) is 13.8 Å². The van der Waals surface area contributed by atoms with Crippen LogP contribution in [0.4, 0.5) is 5.95 Å². The van der Waals surface area contributed by atoms with E-state index in [0.29, 0.717) is 17.7 Å². The van der Waals surface area contributed by atoms with Gasteiger partial charge in [-0.1, -0.05) is 37.1 Å². The molecular formula is C12H16ClN5. The summed E-state index contributed by atoms with van der Waals surface area (Å²) in [5.41, 5.74) is 0.919. The number of anilines is 1. The Morgan fingerprint density at radius 3 is 2.61 bits per heavy atom. The van der Waals surface area contributed by atoms with Crippen molar-refractivity contribution in [2.75, 3.05) is 11.2 Å². The zero-order valence-corrected chi connectivity index (χ0v) is 11.2. The molecular weight excluding hydrogens is 250 g/mol. The monoisotopic (exact) mass is 265 g/mol. The van der Waals surface area contributed by atoms with Crippen molar-refractivity contribution < 1.29 is 0 Å².